The van der Waals surface area contributed by atoms with Gasteiger partial charge in [-0.3, -0.25) is 9.78 Å². The number of pyridine rings is 1. The fourth-order valence-corrected chi connectivity index (χ4v) is 4.59. The number of hydrogen-bond donors (Lipinski definition) is 1. The van der Waals surface area contributed by atoms with Crippen LogP contribution in [0.3, 0.4) is 0 Å². The normalized spacial score (nSPS) is 18.8. The number of amides is 1. The van der Waals surface area contributed by atoms with Crippen LogP contribution >= 0.6 is 0 Å². The van der Waals surface area contributed by atoms with Crippen molar-refractivity contribution in [3.8, 4) is 11.4 Å². The molecule has 0 saturated carbocycles. The summed E-state index contributed by atoms with van der Waals surface area (Å²) >= 11 is 0. The maximum absolute atomic E-state index is 12.8. The maximum Gasteiger partial charge on any atom is 0.251 e. The van der Waals surface area contributed by atoms with E-state index in [1.165, 1.54) is 24.9 Å². The average Bonchev–Trinajstić information content (AvgIpc) is 3.14. The largest absolute Gasteiger partial charge is 0.372 e. The minimum atomic E-state index is 0.000317. The van der Waals surface area contributed by atoms with E-state index >= 15 is 0 Å². The third-order valence-corrected chi connectivity index (χ3v) is 6.35. The number of nitrogens with one attached hydrogen (secondary N) is 1. The van der Waals surface area contributed by atoms with Crippen LogP contribution in [0.25, 0.3) is 11.4 Å². The van der Waals surface area contributed by atoms with Crippen LogP contribution in [-0.2, 0) is 13.0 Å². The second kappa shape index (κ2) is 8.88. The molecular formula is C24H28N6O. The van der Waals surface area contributed by atoms with E-state index < -0.39 is 0 Å². The van der Waals surface area contributed by atoms with E-state index in [0.717, 1.165) is 61.7 Å². The number of benzene rings is 1. The van der Waals surface area contributed by atoms with Crippen LogP contribution in [-0.4, -0.2) is 44.8 Å². The summed E-state index contributed by atoms with van der Waals surface area (Å²) in [5.74, 6) is 1.82. The van der Waals surface area contributed by atoms with Crippen molar-refractivity contribution < 1.29 is 4.79 Å². The number of hydrogen-bond acceptors (Lipinski definition) is 5. The third-order valence-electron chi connectivity index (χ3n) is 6.35. The molecule has 1 aromatic carbocycles. The SMILES string of the molecule is O=C(NC1CCc2nnc(-c3cccnc3)n2CC1)c1ccc(N2CCCCC2)cc1. The first-order valence-electron chi connectivity index (χ1n) is 11.3. The second-order valence-corrected chi connectivity index (χ2v) is 8.43. The summed E-state index contributed by atoms with van der Waals surface area (Å²) in [6.07, 6.45) is 9.91. The zero-order chi connectivity index (χ0) is 21.0. The zero-order valence-electron chi connectivity index (χ0n) is 17.7. The summed E-state index contributed by atoms with van der Waals surface area (Å²) < 4.78 is 2.16. The fraction of sp³-hybridized carbons (Fsp3) is 0.417. The van der Waals surface area contributed by atoms with Gasteiger partial charge in [0.1, 0.15) is 5.82 Å². The molecule has 1 amide bonds. The van der Waals surface area contributed by atoms with Crippen molar-refractivity contribution in [3.05, 3.63) is 60.2 Å². The Morgan fingerprint density at radius 1 is 0.968 bits per heavy atom. The summed E-state index contributed by atoms with van der Waals surface area (Å²) in [7, 11) is 0. The second-order valence-electron chi connectivity index (χ2n) is 8.43. The summed E-state index contributed by atoms with van der Waals surface area (Å²) in [6, 6.07) is 12.1. The van der Waals surface area contributed by atoms with Gasteiger partial charge in [-0.05, 0) is 68.5 Å². The highest BCUT2D eigenvalue weighted by Gasteiger charge is 2.22. The Balaban J connectivity index is 1.22. The number of anilines is 1. The quantitative estimate of drug-likeness (QED) is 0.705. The molecular weight excluding hydrogens is 388 g/mol. The molecule has 1 atom stereocenters. The van der Waals surface area contributed by atoms with Gasteiger partial charge in [0.05, 0.1) is 0 Å². The summed E-state index contributed by atoms with van der Waals surface area (Å²) in [4.78, 5) is 19.4. The first-order chi connectivity index (χ1) is 15.3. The standard InChI is InChI=1S/C24H28N6O/c31-24(18-6-9-21(10-7-18)29-14-2-1-3-15-29)26-20-8-11-22-27-28-23(30(22)16-12-20)19-5-4-13-25-17-19/h4-7,9-10,13,17,20H,1-3,8,11-12,14-16H2,(H,26,31). The minimum Gasteiger partial charge on any atom is -0.372 e. The van der Waals surface area contributed by atoms with E-state index in [9.17, 15) is 4.79 Å². The van der Waals surface area contributed by atoms with Crippen LogP contribution in [0.1, 0.15) is 48.3 Å². The van der Waals surface area contributed by atoms with Crippen LogP contribution in [0.15, 0.2) is 48.8 Å². The molecule has 1 unspecified atom stereocenters. The molecule has 0 aliphatic carbocycles. The van der Waals surface area contributed by atoms with Gasteiger partial charge in [-0.25, -0.2) is 0 Å². The van der Waals surface area contributed by atoms with Crippen LogP contribution in [0.5, 0.6) is 0 Å². The topological polar surface area (TPSA) is 75.9 Å². The van der Waals surface area contributed by atoms with E-state index in [-0.39, 0.29) is 11.9 Å². The van der Waals surface area contributed by atoms with Gasteiger partial charge in [-0.1, -0.05) is 0 Å². The van der Waals surface area contributed by atoms with E-state index in [0.29, 0.717) is 0 Å². The molecule has 5 rings (SSSR count). The van der Waals surface area contributed by atoms with Gasteiger partial charge in [-0.2, -0.15) is 0 Å². The van der Waals surface area contributed by atoms with Crippen molar-refractivity contribution in [3.63, 3.8) is 0 Å². The Morgan fingerprint density at radius 3 is 2.58 bits per heavy atom. The molecule has 31 heavy (non-hydrogen) atoms. The molecule has 1 N–H and O–H groups in total. The van der Waals surface area contributed by atoms with E-state index in [1.807, 2.05) is 30.5 Å². The van der Waals surface area contributed by atoms with Gasteiger partial charge in [0.25, 0.3) is 5.91 Å². The number of carbonyl (C=O) groups is 1. The molecule has 160 valence electrons. The van der Waals surface area contributed by atoms with Gasteiger partial charge >= 0.3 is 0 Å². The Bertz CT molecular complexity index is 1020. The Labute approximate surface area is 182 Å². The lowest BCUT2D eigenvalue weighted by Gasteiger charge is -2.28. The highest BCUT2D eigenvalue weighted by molar-refractivity contribution is 5.94. The maximum atomic E-state index is 12.8. The van der Waals surface area contributed by atoms with Gasteiger partial charge in [-0.15, -0.1) is 10.2 Å². The summed E-state index contributed by atoms with van der Waals surface area (Å²) in [6.45, 7) is 3.00. The minimum absolute atomic E-state index is 0.000317. The molecule has 7 heteroatoms. The van der Waals surface area contributed by atoms with Crippen molar-refractivity contribution in [1.29, 1.82) is 0 Å². The zero-order valence-corrected chi connectivity index (χ0v) is 17.7. The Kier molecular flexibility index (Phi) is 5.65. The molecule has 2 aliphatic rings. The molecule has 2 aliphatic heterocycles. The number of fused-ring (bicyclic) bond motifs is 1. The predicted octanol–water partition coefficient (Wildman–Crippen LogP) is 3.47. The number of rotatable bonds is 4. The Morgan fingerprint density at radius 2 is 1.81 bits per heavy atom. The number of piperidine rings is 1. The van der Waals surface area contributed by atoms with Crippen LogP contribution in [0, 0.1) is 0 Å². The third kappa shape index (κ3) is 4.31. The molecule has 0 radical (unpaired) electrons. The van der Waals surface area contributed by atoms with Crippen LogP contribution in [0.4, 0.5) is 5.69 Å². The molecule has 1 saturated heterocycles. The lowest BCUT2D eigenvalue weighted by molar-refractivity contribution is 0.0933. The van der Waals surface area contributed by atoms with Gasteiger partial charge < -0.3 is 14.8 Å². The first kappa shape index (κ1) is 19.7. The average molecular weight is 417 g/mol. The van der Waals surface area contributed by atoms with Gasteiger partial charge in [0.15, 0.2) is 5.82 Å². The van der Waals surface area contributed by atoms with Gasteiger partial charge in [0, 0.05) is 61.3 Å². The molecule has 4 heterocycles. The molecule has 0 bridgehead atoms. The fourth-order valence-electron chi connectivity index (χ4n) is 4.59. The smallest absolute Gasteiger partial charge is 0.251 e. The molecule has 2 aromatic heterocycles. The predicted molar refractivity (Wildman–Crippen MR) is 120 cm³/mol. The van der Waals surface area contributed by atoms with Crippen LogP contribution in [0.2, 0.25) is 0 Å². The number of carbonyl (C=O) groups excluding carboxylic acids is 1. The number of aryl methyl sites for hydroxylation is 1. The monoisotopic (exact) mass is 416 g/mol. The molecule has 0 spiro atoms. The Hall–Kier alpha value is -3.22. The highest BCUT2D eigenvalue weighted by atomic mass is 16.1. The first-order valence-corrected chi connectivity index (χ1v) is 11.3. The number of aromatic nitrogens is 4. The van der Waals surface area contributed by atoms with Gasteiger partial charge in [0.2, 0.25) is 0 Å². The summed E-state index contributed by atoms with van der Waals surface area (Å²) in [5.41, 5.74) is 2.91. The van der Waals surface area contributed by atoms with Crippen molar-refractivity contribution in [1.82, 2.24) is 25.1 Å². The number of nitrogens with zero attached hydrogens (tertiary/aromatic N) is 5. The lowest BCUT2D eigenvalue weighted by atomic mass is 10.1. The molecule has 1 fully saturated rings. The van der Waals surface area contributed by atoms with E-state index in [1.54, 1.807) is 6.20 Å². The molecule has 7 nitrogen and oxygen atoms in total. The lowest BCUT2D eigenvalue weighted by Crippen LogP contribution is -2.35. The van der Waals surface area contributed by atoms with Crippen molar-refractivity contribution in [2.75, 3.05) is 18.0 Å². The summed E-state index contributed by atoms with van der Waals surface area (Å²) in [5, 5.41) is 12.0. The van der Waals surface area contributed by atoms with Crippen molar-refractivity contribution in [2.24, 2.45) is 0 Å². The van der Waals surface area contributed by atoms with Crippen LogP contribution < -0.4 is 10.2 Å². The van der Waals surface area contributed by atoms with Crippen molar-refractivity contribution in [2.45, 2.75) is 51.1 Å². The van der Waals surface area contributed by atoms with E-state index in [4.69, 9.17) is 0 Å². The molecule has 3 aromatic rings. The highest BCUT2D eigenvalue weighted by Crippen LogP contribution is 2.23. The van der Waals surface area contributed by atoms with Crippen molar-refractivity contribution >= 4 is 11.6 Å². The van der Waals surface area contributed by atoms with E-state index in [2.05, 4.69) is 42.1 Å².